The first-order chi connectivity index (χ1) is 8.24. The highest BCUT2D eigenvalue weighted by Gasteiger charge is 2.17. The minimum absolute atomic E-state index is 0.0198. The Morgan fingerprint density at radius 3 is 2.50 bits per heavy atom. The highest BCUT2D eigenvalue weighted by molar-refractivity contribution is 7.91. The van der Waals surface area contributed by atoms with Crippen molar-refractivity contribution in [2.75, 3.05) is 5.75 Å². The molecule has 1 aromatic rings. The second kappa shape index (κ2) is 5.35. The Morgan fingerprint density at radius 2 is 2.00 bits per heavy atom. The molecule has 0 saturated heterocycles. The molecule has 5 heteroatoms. The summed E-state index contributed by atoms with van der Waals surface area (Å²) in [4.78, 5) is 11.0. The first-order valence-electron chi connectivity index (χ1n) is 5.45. The van der Waals surface area contributed by atoms with Gasteiger partial charge >= 0.3 is 5.97 Å². The predicted octanol–water partition coefficient (Wildman–Crippen LogP) is 2.43. The maximum Gasteiger partial charge on any atom is 0.335 e. The zero-order chi connectivity index (χ0) is 13.9. The van der Waals surface area contributed by atoms with Gasteiger partial charge in [0.15, 0.2) is 9.84 Å². The number of carboxylic acids is 1. The maximum absolute atomic E-state index is 12.0. The van der Waals surface area contributed by atoms with Gasteiger partial charge in [-0.2, -0.15) is 0 Å². The van der Waals surface area contributed by atoms with Crippen LogP contribution in [0, 0.1) is 6.92 Å². The fraction of sp³-hybridized carbons (Fsp3) is 0.308. The van der Waals surface area contributed by atoms with Crippen molar-refractivity contribution < 1.29 is 18.3 Å². The molecule has 0 heterocycles. The van der Waals surface area contributed by atoms with Crippen LogP contribution in [0.2, 0.25) is 0 Å². The van der Waals surface area contributed by atoms with Crippen molar-refractivity contribution in [2.24, 2.45) is 0 Å². The minimum Gasteiger partial charge on any atom is -0.478 e. The molecule has 1 N–H and O–H groups in total. The van der Waals surface area contributed by atoms with Crippen LogP contribution in [0.1, 0.15) is 29.3 Å². The molecule has 4 nitrogen and oxygen atoms in total. The van der Waals surface area contributed by atoms with Crippen molar-refractivity contribution >= 4 is 15.8 Å². The Balaban J connectivity index is 3.14. The smallest absolute Gasteiger partial charge is 0.335 e. The quantitative estimate of drug-likeness (QED) is 0.832. The van der Waals surface area contributed by atoms with Crippen molar-refractivity contribution in [3.8, 4) is 0 Å². The first-order valence-corrected chi connectivity index (χ1v) is 7.10. The lowest BCUT2D eigenvalue weighted by atomic mass is 10.1. The van der Waals surface area contributed by atoms with Crippen molar-refractivity contribution in [2.45, 2.75) is 25.2 Å². The second-order valence-electron chi connectivity index (χ2n) is 4.31. The molecule has 1 aromatic carbocycles. The molecule has 0 bridgehead atoms. The van der Waals surface area contributed by atoms with Crippen LogP contribution in [0.5, 0.6) is 0 Å². The third-order valence-corrected chi connectivity index (χ3v) is 4.31. The third kappa shape index (κ3) is 3.43. The van der Waals surface area contributed by atoms with E-state index >= 15 is 0 Å². The normalized spacial score (nSPS) is 11.2. The zero-order valence-corrected chi connectivity index (χ0v) is 11.3. The molecule has 0 unspecified atom stereocenters. The van der Waals surface area contributed by atoms with Gasteiger partial charge in [-0.3, -0.25) is 0 Å². The molecule has 0 aromatic heterocycles. The molecule has 0 aliphatic rings. The van der Waals surface area contributed by atoms with E-state index in [0.717, 1.165) is 5.57 Å². The summed E-state index contributed by atoms with van der Waals surface area (Å²) in [6.45, 7) is 7.04. The molecule has 18 heavy (non-hydrogen) atoms. The van der Waals surface area contributed by atoms with E-state index in [1.165, 1.54) is 18.2 Å². The van der Waals surface area contributed by atoms with E-state index in [9.17, 15) is 13.2 Å². The van der Waals surface area contributed by atoms with Gasteiger partial charge in [0.25, 0.3) is 0 Å². The van der Waals surface area contributed by atoms with Gasteiger partial charge in [-0.15, -0.1) is 6.58 Å². The average Bonchev–Trinajstić information content (AvgIpc) is 2.26. The summed E-state index contributed by atoms with van der Waals surface area (Å²) in [5.74, 6) is -1.17. The van der Waals surface area contributed by atoms with Gasteiger partial charge in [-0.25, -0.2) is 13.2 Å². The first kappa shape index (κ1) is 14.4. The highest BCUT2D eigenvalue weighted by atomic mass is 32.2. The van der Waals surface area contributed by atoms with Crippen LogP contribution in [0.15, 0.2) is 35.2 Å². The Labute approximate surface area is 107 Å². The van der Waals surface area contributed by atoms with E-state index in [-0.39, 0.29) is 16.2 Å². The van der Waals surface area contributed by atoms with E-state index in [0.29, 0.717) is 12.0 Å². The van der Waals surface area contributed by atoms with Gasteiger partial charge in [0.1, 0.15) is 0 Å². The molecule has 0 atom stereocenters. The summed E-state index contributed by atoms with van der Waals surface area (Å²) < 4.78 is 24.0. The summed E-state index contributed by atoms with van der Waals surface area (Å²) in [5.41, 5.74) is 1.34. The molecular formula is C13H16O4S. The van der Waals surface area contributed by atoms with Gasteiger partial charge in [0.2, 0.25) is 0 Å². The standard InChI is InChI=1S/C13H16O4S/c1-9(2)6-7-18(16,17)11-5-4-10(3)12(8-11)13(14)15/h4-5,8H,1,6-7H2,2-3H3,(H,14,15). The van der Waals surface area contributed by atoms with E-state index in [1.54, 1.807) is 13.8 Å². The average molecular weight is 268 g/mol. The van der Waals surface area contributed by atoms with Crippen molar-refractivity contribution in [1.29, 1.82) is 0 Å². The number of hydrogen-bond donors (Lipinski definition) is 1. The summed E-state index contributed by atoms with van der Waals surface area (Å²) in [5, 5.41) is 8.97. The molecule has 1 rings (SSSR count). The topological polar surface area (TPSA) is 71.4 Å². The lowest BCUT2D eigenvalue weighted by molar-refractivity contribution is 0.0696. The van der Waals surface area contributed by atoms with E-state index in [4.69, 9.17) is 5.11 Å². The van der Waals surface area contributed by atoms with E-state index in [1.807, 2.05) is 0 Å². The summed E-state index contributed by atoms with van der Waals surface area (Å²) >= 11 is 0. The number of sulfone groups is 1. The number of rotatable bonds is 5. The Morgan fingerprint density at radius 1 is 1.39 bits per heavy atom. The van der Waals surface area contributed by atoms with Gasteiger partial charge in [-0.1, -0.05) is 11.6 Å². The largest absolute Gasteiger partial charge is 0.478 e. The highest BCUT2D eigenvalue weighted by Crippen LogP contribution is 2.18. The molecule has 0 aliphatic heterocycles. The van der Waals surface area contributed by atoms with Crippen molar-refractivity contribution in [3.05, 3.63) is 41.5 Å². The minimum atomic E-state index is -3.45. The van der Waals surface area contributed by atoms with Gasteiger partial charge in [0, 0.05) is 0 Å². The monoisotopic (exact) mass is 268 g/mol. The zero-order valence-electron chi connectivity index (χ0n) is 10.4. The number of aromatic carboxylic acids is 1. The van der Waals surface area contributed by atoms with Gasteiger partial charge in [-0.05, 0) is 38.0 Å². The lowest BCUT2D eigenvalue weighted by Crippen LogP contribution is -2.09. The molecule has 0 spiro atoms. The Hall–Kier alpha value is -1.62. The maximum atomic E-state index is 12.0. The van der Waals surface area contributed by atoms with Crippen molar-refractivity contribution in [1.82, 2.24) is 0 Å². The Kier molecular flexibility index (Phi) is 4.29. The molecule has 0 saturated carbocycles. The number of allylic oxidation sites excluding steroid dienone is 1. The van der Waals surface area contributed by atoms with Crippen LogP contribution in [0.3, 0.4) is 0 Å². The van der Waals surface area contributed by atoms with E-state index < -0.39 is 15.8 Å². The molecule has 0 fully saturated rings. The Bertz CT molecular complexity index is 585. The predicted molar refractivity (Wildman–Crippen MR) is 69.6 cm³/mol. The second-order valence-corrected chi connectivity index (χ2v) is 6.42. The summed E-state index contributed by atoms with van der Waals surface area (Å²) in [7, 11) is -3.45. The lowest BCUT2D eigenvalue weighted by Gasteiger charge is -2.07. The third-order valence-electron chi connectivity index (χ3n) is 2.60. The molecule has 98 valence electrons. The summed E-state index contributed by atoms with van der Waals surface area (Å²) in [6, 6.07) is 4.16. The van der Waals surface area contributed by atoms with Crippen LogP contribution in [-0.2, 0) is 9.84 Å². The fourth-order valence-electron chi connectivity index (χ4n) is 1.45. The van der Waals surface area contributed by atoms with Gasteiger partial charge in [0.05, 0.1) is 16.2 Å². The number of carboxylic acid groups (broad SMARTS) is 1. The van der Waals surface area contributed by atoms with Crippen LogP contribution >= 0.6 is 0 Å². The van der Waals surface area contributed by atoms with Crippen LogP contribution < -0.4 is 0 Å². The number of benzene rings is 1. The number of aryl methyl sites for hydroxylation is 1. The molecule has 0 radical (unpaired) electrons. The number of carbonyl (C=O) groups is 1. The summed E-state index contributed by atoms with van der Waals surface area (Å²) in [6.07, 6.45) is 0.374. The molecule has 0 amide bonds. The van der Waals surface area contributed by atoms with E-state index in [2.05, 4.69) is 6.58 Å². The SMILES string of the molecule is C=C(C)CCS(=O)(=O)c1ccc(C)c(C(=O)O)c1. The molecular weight excluding hydrogens is 252 g/mol. The van der Waals surface area contributed by atoms with Crippen LogP contribution in [0.4, 0.5) is 0 Å². The van der Waals surface area contributed by atoms with Crippen LogP contribution in [0.25, 0.3) is 0 Å². The fourth-order valence-corrected chi connectivity index (χ4v) is 2.88. The van der Waals surface area contributed by atoms with Crippen molar-refractivity contribution in [3.63, 3.8) is 0 Å². The van der Waals surface area contributed by atoms with Gasteiger partial charge < -0.3 is 5.11 Å². The van der Waals surface area contributed by atoms with Crippen LogP contribution in [-0.4, -0.2) is 25.2 Å². The molecule has 0 aliphatic carbocycles. The number of hydrogen-bond acceptors (Lipinski definition) is 3.